The molecule has 1 aliphatic heterocycles. The summed E-state index contributed by atoms with van der Waals surface area (Å²) in [6.07, 6.45) is 4.24. The summed E-state index contributed by atoms with van der Waals surface area (Å²) in [6, 6.07) is 0. The Morgan fingerprint density at radius 2 is 2.09 bits per heavy atom. The monoisotopic (exact) mass is 141 g/mol. The van der Waals surface area contributed by atoms with Crippen LogP contribution in [0.5, 0.6) is 0 Å². The molecule has 0 aromatic rings. The number of hydrogen-bond acceptors (Lipinski definition) is 0. The molecule has 3 radical (unpaired) electrons. The van der Waals surface area contributed by atoms with E-state index >= 15 is 0 Å². The zero-order valence-corrected chi connectivity index (χ0v) is 7.46. The number of hydrogen-bond donors (Lipinski definition) is 0. The fourth-order valence-electron chi connectivity index (χ4n) is 1.41. The van der Waals surface area contributed by atoms with Crippen molar-refractivity contribution in [1.29, 1.82) is 0 Å². The van der Waals surface area contributed by atoms with Crippen LogP contribution in [0.3, 0.4) is 0 Å². The van der Waals surface area contributed by atoms with E-state index in [4.69, 9.17) is 7.74 Å². The lowest BCUT2D eigenvalue weighted by Gasteiger charge is -2.24. The Labute approximate surface area is 71.8 Å². The summed E-state index contributed by atoms with van der Waals surface area (Å²) in [6.45, 7) is 6.99. The summed E-state index contributed by atoms with van der Waals surface area (Å²) in [4.78, 5) is 0. The van der Waals surface area contributed by atoms with Gasteiger partial charge in [-0.15, -0.1) is 11.4 Å². The Morgan fingerprint density at radius 3 is 2.45 bits per heavy atom. The number of rotatable bonds is 1. The Morgan fingerprint density at radius 1 is 1.45 bits per heavy atom. The van der Waals surface area contributed by atoms with Gasteiger partial charge in [0.2, 0.25) is 0 Å². The van der Waals surface area contributed by atoms with Crippen molar-refractivity contribution >= 4 is 21.4 Å². The quantitative estimate of drug-likeness (QED) is 0.483. The van der Waals surface area contributed by atoms with E-state index in [0.29, 0.717) is 6.60 Å². The van der Waals surface area contributed by atoms with Gasteiger partial charge in [0.05, 0.1) is 0 Å². The molecule has 0 amide bonds. The zero-order valence-electron chi connectivity index (χ0n) is 7.46. The molecule has 1 rings (SSSR count). The van der Waals surface area contributed by atoms with Crippen LogP contribution in [-0.4, -0.2) is 21.4 Å². The van der Waals surface area contributed by atoms with Gasteiger partial charge >= 0.3 is 0 Å². The van der Waals surface area contributed by atoms with Gasteiger partial charge in [-0.2, -0.15) is 0 Å². The first-order valence-corrected chi connectivity index (χ1v) is 3.99. The first kappa shape index (κ1) is 8.77. The minimum atomic E-state index is 0.240. The Bertz CT molecular complexity index is 198. The third-order valence-electron chi connectivity index (χ3n) is 2.03. The van der Waals surface area contributed by atoms with Gasteiger partial charge in [0.25, 0.3) is 0 Å². The van der Waals surface area contributed by atoms with Crippen LogP contribution < -0.4 is 0 Å². The fraction of sp³-hybridized carbons (Fsp3) is 0.500. The maximum atomic E-state index is 5.50. The topological polar surface area (TPSA) is 0 Å². The van der Waals surface area contributed by atoms with Gasteiger partial charge < -0.3 is 0 Å². The molecule has 0 bridgehead atoms. The van der Waals surface area contributed by atoms with Gasteiger partial charge in [0.15, 0.2) is 0 Å². The fourth-order valence-corrected chi connectivity index (χ4v) is 1.41. The van der Waals surface area contributed by atoms with Crippen LogP contribution in [0.2, 0.25) is 0 Å². The smallest absolute Gasteiger partial charge is 0.119 e. The molecule has 0 saturated carbocycles. The lowest BCUT2D eigenvalue weighted by Crippen LogP contribution is -2.29. The van der Waals surface area contributed by atoms with E-state index in [9.17, 15) is 0 Å². The van der Waals surface area contributed by atoms with E-state index in [2.05, 4.69) is 38.9 Å². The Hall–Kier alpha value is -0.325. The van der Waals surface area contributed by atoms with Gasteiger partial charge in [-0.05, 0) is 5.41 Å². The molecule has 3 heteroatoms. The molecule has 0 saturated heterocycles. The summed E-state index contributed by atoms with van der Waals surface area (Å²) in [5.41, 5.74) is 1.64. The highest BCUT2D eigenvalue weighted by Crippen LogP contribution is 2.29. The van der Waals surface area contributed by atoms with Crippen molar-refractivity contribution in [2.24, 2.45) is 5.41 Å². The van der Waals surface area contributed by atoms with Gasteiger partial charge in [-0.1, -0.05) is 32.9 Å². The van der Waals surface area contributed by atoms with Crippen LogP contribution in [0.25, 0.3) is 0 Å². The average Bonchev–Trinajstić information content (AvgIpc) is 2.31. The van der Waals surface area contributed by atoms with Crippen LogP contribution in [0, 0.1) is 5.41 Å². The standard InChI is InChI=1S/C8H12B3/c1-8(2,3)7-5-4-6-11(7)10-9/h4-6H,1-3H3. The van der Waals surface area contributed by atoms with E-state index in [1.807, 2.05) is 0 Å². The molecule has 1 aliphatic rings. The lowest BCUT2D eigenvalue weighted by atomic mass is 9.11. The average molecular weight is 141 g/mol. The Balaban J connectivity index is 2.76. The predicted octanol–water partition coefficient (Wildman–Crippen LogP) is 1.39. The van der Waals surface area contributed by atoms with Crippen LogP contribution in [-0.2, 0) is 0 Å². The van der Waals surface area contributed by atoms with Crippen LogP contribution in [0.1, 0.15) is 20.8 Å². The normalized spacial score (nSPS) is 17.0. The van der Waals surface area contributed by atoms with E-state index < -0.39 is 0 Å². The van der Waals surface area contributed by atoms with Crippen LogP contribution >= 0.6 is 0 Å². The molecule has 0 atom stereocenters. The summed E-state index contributed by atoms with van der Waals surface area (Å²) in [5, 5.41) is 0. The maximum Gasteiger partial charge on any atom is 0.147 e. The van der Waals surface area contributed by atoms with Crippen LogP contribution in [0.4, 0.5) is 0 Å². The van der Waals surface area contributed by atoms with Gasteiger partial charge in [-0.25, -0.2) is 0 Å². The zero-order chi connectivity index (χ0) is 8.48. The van der Waals surface area contributed by atoms with Crippen molar-refractivity contribution in [2.45, 2.75) is 20.8 Å². The van der Waals surface area contributed by atoms with Crippen molar-refractivity contribution in [2.75, 3.05) is 0 Å². The van der Waals surface area contributed by atoms with Gasteiger partial charge in [0, 0.05) is 14.8 Å². The predicted molar refractivity (Wildman–Crippen MR) is 53.9 cm³/mol. The second kappa shape index (κ2) is 2.96. The largest absolute Gasteiger partial charge is 0.147 e. The summed E-state index contributed by atoms with van der Waals surface area (Å²) >= 11 is 0. The molecular weight excluding hydrogens is 129 g/mol. The van der Waals surface area contributed by atoms with Crippen molar-refractivity contribution in [1.82, 2.24) is 0 Å². The number of allylic oxidation sites excluding steroid dienone is 3. The molecule has 0 spiro atoms. The van der Waals surface area contributed by atoms with Crippen molar-refractivity contribution in [3.63, 3.8) is 0 Å². The van der Waals surface area contributed by atoms with E-state index in [1.54, 1.807) is 7.06 Å². The molecule has 11 heavy (non-hydrogen) atoms. The third kappa shape index (κ3) is 1.82. The van der Waals surface area contributed by atoms with Crippen LogP contribution in [0.15, 0.2) is 23.6 Å². The molecule has 1 heterocycles. The minimum absolute atomic E-state index is 0.240. The summed E-state index contributed by atoms with van der Waals surface area (Å²) in [7, 11) is 7.25. The molecule has 0 aliphatic carbocycles. The maximum absolute atomic E-state index is 5.50. The van der Waals surface area contributed by atoms with E-state index in [-0.39, 0.29) is 5.41 Å². The van der Waals surface area contributed by atoms with E-state index in [0.717, 1.165) is 0 Å². The van der Waals surface area contributed by atoms with Gasteiger partial charge in [0.1, 0.15) is 6.60 Å². The second-order valence-electron chi connectivity index (χ2n) is 3.98. The highest BCUT2D eigenvalue weighted by molar-refractivity contribution is 7.35. The Kier molecular flexibility index (Phi) is 2.36. The molecule has 0 fully saturated rings. The first-order valence-electron chi connectivity index (χ1n) is 3.99. The first-order chi connectivity index (χ1) is 5.05. The van der Waals surface area contributed by atoms with E-state index in [1.165, 1.54) is 5.47 Å². The molecule has 53 valence electrons. The molecule has 0 N–H and O–H groups in total. The SMILES string of the molecule is [B][B]B1C=CC=C1C(C)(C)C. The highest BCUT2D eigenvalue weighted by atomic mass is 14.2. The minimum Gasteiger partial charge on any atom is -0.119 e. The second-order valence-corrected chi connectivity index (χ2v) is 3.98. The summed E-state index contributed by atoms with van der Waals surface area (Å²) < 4.78 is 0. The molecule has 0 unspecified atom stereocenters. The highest BCUT2D eigenvalue weighted by Gasteiger charge is 2.25. The molecule has 0 aromatic heterocycles. The third-order valence-corrected chi connectivity index (χ3v) is 2.03. The summed E-state index contributed by atoms with van der Waals surface area (Å²) in [5.74, 6) is 2.13. The molecular formula is C8H12B3. The molecule has 0 nitrogen and oxygen atoms in total. The van der Waals surface area contributed by atoms with Crippen molar-refractivity contribution < 1.29 is 0 Å². The molecule has 0 aromatic carbocycles. The lowest BCUT2D eigenvalue weighted by molar-refractivity contribution is 0.529. The van der Waals surface area contributed by atoms with Gasteiger partial charge in [-0.3, -0.25) is 0 Å². The van der Waals surface area contributed by atoms with Crippen molar-refractivity contribution in [3.05, 3.63) is 23.6 Å². The van der Waals surface area contributed by atoms with Crippen molar-refractivity contribution in [3.8, 4) is 0 Å².